The summed E-state index contributed by atoms with van der Waals surface area (Å²) < 4.78 is 48.1. The summed E-state index contributed by atoms with van der Waals surface area (Å²) in [7, 11) is 1.92. The molecule has 232 valence electrons. The molecular formula is C36H36F3N5O. The molecular weight excluding hydrogens is 575 g/mol. The topological polar surface area (TPSA) is 65.6 Å². The molecule has 0 bridgehead atoms. The molecule has 0 aliphatic heterocycles. The second-order valence-corrected chi connectivity index (χ2v) is 13.1. The normalized spacial score (nSPS) is 18.7. The van der Waals surface area contributed by atoms with E-state index in [4.69, 9.17) is 10.1 Å². The van der Waals surface area contributed by atoms with Crippen LogP contribution in [0.15, 0.2) is 42.5 Å². The van der Waals surface area contributed by atoms with Crippen molar-refractivity contribution >= 4 is 16.7 Å². The van der Waals surface area contributed by atoms with Gasteiger partial charge in [-0.2, -0.15) is 19.0 Å². The number of hydrogen-bond donors (Lipinski definition) is 0. The Balaban J connectivity index is 1.31. The van der Waals surface area contributed by atoms with Crippen molar-refractivity contribution < 1.29 is 18.0 Å². The van der Waals surface area contributed by atoms with Crippen molar-refractivity contribution in [1.82, 2.24) is 24.5 Å². The summed E-state index contributed by atoms with van der Waals surface area (Å²) in [6.07, 6.45) is 0.855. The van der Waals surface area contributed by atoms with E-state index in [-0.39, 0.29) is 36.2 Å². The fraction of sp³-hybridized carbons (Fsp3) is 0.389. The third kappa shape index (κ3) is 4.87. The van der Waals surface area contributed by atoms with Crippen LogP contribution in [0.2, 0.25) is 0 Å². The van der Waals surface area contributed by atoms with E-state index in [0.717, 1.165) is 50.1 Å². The average Bonchev–Trinajstić information content (AvgIpc) is 3.53. The Hall–Kier alpha value is -4.27. The van der Waals surface area contributed by atoms with Gasteiger partial charge in [0, 0.05) is 53.1 Å². The molecule has 0 amide bonds. The summed E-state index contributed by atoms with van der Waals surface area (Å²) in [5.41, 5.74) is 8.90. The van der Waals surface area contributed by atoms with Crippen molar-refractivity contribution in [3.05, 3.63) is 99.0 Å². The zero-order valence-corrected chi connectivity index (χ0v) is 26.4. The quantitative estimate of drug-likeness (QED) is 0.180. The molecule has 0 radical (unpaired) electrons. The highest BCUT2D eigenvalue weighted by molar-refractivity contribution is 5.98. The number of fused-ring (bicyclic) bond motifs is 4. The number of alkyl halides is 2. The van der Waals surface area contributed by atoms with Crippen LogP contribution in [-0.4, -0.2) is 30.3 Å². The van der Waals surface area contributed by atoms with E-state index in [0.29, 0.717) is 29.8 Å². The average molecular weight is 612 g/mol. The van der Waals surface area contributed by atoms with E-state index in [9.17, 15) is 9.18 Å². The molecule has 6 nitrogen and oxygen atoms in total. The second kappa shape index (κ2) is 10.4. The van der Waals surface area contributed by atoms with Crippen molar-refractivity contribution in [2.75, 3.05) is 0 Å². The predicted octanol–water partition coefficient (Wildman–Crippen LogP) is 7.71. The van der Waals surface area contributed by atoms with Crippen molar-refractivity contribution in [1.29, 1.82) is 0 Å². The summed E-state index contributed by atoms with van der Waals surface area (Å²) in [6, 6.07) is 13.0. The first-order valence-electron chi connectivity index (χ1n) is 15.5. The van der Waals surface area contributed by atoms with E-state index < -0.39 is 17.8 Å². The summed E-state index contributed by atoms with van der Waals surface area (Å²) in [5.74, 6) is -4.85. The Morgan fingerprint density at radius 1 is 1.00 bits per heavy atom. The maximum Gasteiger partial charge on any atom is 0.293 e. The Morgan fingerprint density at radius 3 is 2.51 bits per heavy atom. The van der Waals surface area contributed by atoms with E-state index >= 15 is 8.78 Å². The number of pyridine rings is 1. The second-order valence-electron chi connectivity index (χ2n) is 13.1. The molecule has 3 atom stereocenters. The Morgan fingerprint density at radius 2 is 1.76 bits per heavy atom. The SMILES string of the molecule is Cc1cc(F)cc(C[C@H](CC(=O)Cn2nc(C)c3c2C(F)(F)C2CC32)c2nc(C)ccc2-c2ccc(C)c3c(C)nn(C)c23)c1. The Kier molecular flexibility index (Phi) is 6.80. The highest BCUT2D eigenvalue weighted by Crippen LogP contribution is 2.67. The van der Waals surface area contributed by atoms with Crippen LogP contribution in [0.5, 0.6) is 0 Å². The summed E-state index contributed by atoms with van der Waals surface area (Å²) >= 11 is 0. The third-order valence-corrected chi connectivity index (χ3v) is 9.61. The fourth-order valence-electron chi connectivity index (χ4n) is 7.72. The minimum absolute atomic E-state index is 0.0323. The van der Waals surface area contributed by atoms with Gasteiger partial charge >= 0.3 is 0 Å². The van der Waals surface area contributed by atoms with Gasteiger partial charge in [-0.05, 0) is 88.3 Å². The van der Waals surface area contributed by atoms with E-state index in [1.54, 1.807) is 6.92 Å². The number of halogens is 3. The molecule has 2 aliphatic carbocycles. The van der Waals surface area contributed by atoms with Crippen molar-refractivity contribution in [3.63, 3.8) is 0 Å². The van der Waals surface area contributed by atoms with Crippen LogP contribution in [0.1, 0.15) is 75.4 Å². The number of aryl methyl sites for hydroxylation is 6. The van der Waals surface area contributed by atoms with Gasteiger partial charge in [0.1, 0.15) is 18.1 Å². The van der Waals surface area contributed by atoms with Gasteiger partial charge < -0.3 is 0 Å². The lowest BCUT2D eigenvalue weighted by atomic mass is 9.85. The minimum Gasteiger partial charge on any atom is -0.298 e. The molecule has 2 aromatic carbocycles. The van der Waals surface area contributed by atoms with Crippen molar-refractivity contribution in [3.8, 4) is 11.1 Å². The van der Waals surface area contributed by atoms with Gasteiger partial charge in [0.25, 0.3) is 5.92 Å². The number of carbonyl (C=O) groups is 1. The molecule has 2 aliphatic rings. The van der Waals surface area contributed by atoms with E-state index in [1.165, 1.54) is 16.8 Å². The van der Waals surface area contributed by atoms with Gasteiger partial charge in [-0.3, -0.25) is 19.1 Å². The Bertz CT molecular complexity index is 2000. The molecule has 9 heteroatoms. The number of ketones is 1. The molecule has 3 aromatic heterocycles. The van der Waals surface area contributed by atoms with Crippen molar-refractivity contribution in [2.24, 2.45) is 13.0 Å². The maximum absolute atomic E-state index is 15.2. The van der Waals surface area contributed by atoms with Crippen LogP contribution in [0.25, 0.3) is 22.0 Å². The van der Waals surface area contributed by atoms with Crippen LogP contribution in [0, 0.1) is 46.4 Å². The lowest BCUT2D eigenvalue weighted by molar-refractivity contribution is -0.120. The fourth-order valence-corrected chi connectivity index (χ4v) is 7.72. The van der Waals surface area contributed by atoms with Gasteiger partial charge in [-0.1, -0.05) is 24.3 Å². The highest BCUT2D eigenvalue weighted by atomic mass is 19.3. The summed E-state index contributed by atoms with van der Waals surface area (Å²) in [6.45, 7) is 9.28. The molecule has 1 fully saturated rings. The monoisotopic (exact) mass is 611 g/mol. The number of carbonyl (C=O) groups excluding carboxylic acids is 1. The molecule has 0 N–H and O–H groups in total. The van der Waals surface area contributed by atoms with Crippen molar-refractivity contribution in [2.45, 2.75) is 78.2 Å². The van der Waals surface area contributed by atoms with Gasteiger partial charge in [-0.25, -0.2) is 4.39 Å². The van der Waals surface area contributed by atoms with E-state index in [1.807, 2.05) is 50.7 Å². The number of aromatic nitrogens is 5. The van der Waals surface area contributed by atoms with Crippen LogP contribution < -0.4 is 0 Å². The summed E-state index contributed by atoms with van der Waals surface area (Å²) in [4.78, 5) is 18.9. The molecule has 0 spiro atoms. The van der Waals surface area contributed by atoms with Gasteiger partial charge in [0.05, 0.1) is 22.6 Å². The van der Waals surface area contributed by atoms with Crippen LogP contribution in [-0.2, 0) is 30.7 Å². The van der Waals surface area contributed by atoms with E-state index in [2.05, 4.69) is 24.2 Å². The maximum atomic E-state index is 15.2. The first kappa shape index (κ1) is 29.4. The lowest BCUT2D eigenvalue weighted by Crippen LogP contribution is -2.24. The largest absolute Gasteiger partial charge is 0.298 e. The highest BCUT2D eigenvalue weighted by Gasteiger charge is 2.66. The zero-order chi connectivity index (χ0) is 31.9. The molecule has 1 saturated carbocycles. The number of nitrogens with zero attached hydrogens (tertiary/aromatic N) is 5. The molecule has 45 heavy (non-hydrogen) atoms. The number of benzene rings is 2. The predicted molar refractivity (Wildman–Crippen MR) is 167 cm³/mol. The number of hydrogen-bond acceptors (Lipinski definition) is 4. The Labute approximate surface area is 260 Å². The van der Waals surface area contributed by atoms with Gasteiger partial charge in [0.2, 0.25) is 0 Å². The molecule has 0 saturated heterocycles. The molecule has 5 aromatic rings. The summed E-state index contributed by atoms with van der Waals surface area (Å²) in [5, 5.41) is 10.2. The standard InChI is InChI=1S/C36H36F3N5O/c1-18-11-23(14-25(37)12-18)13-24(15-26(45)17-44-35-32(22(5)42-44)29-16-30(29)36(35,38)39)33-27(10-8-20(3)40-33)28-9-7-19(2)31-21(4)41-43(6)34(28)31/h7-12,14,24,29-30H,13,15-17H2,1-6H3/t24-,29?,30?/m1/s1. The van der Waals surface area contributed by atoms with Crippen LogP contribution in [0.3, 0.4) is 0 Å². The number of Topliss-reactive ketones (excluding diaryl/α,β-unsaturated/α-hetero) is 1. The molecule has 2 unspecified atom stereocenters. The zero-order valence-electron chi connectivity index (χ0n) is 26.4. The van der Waals surface area contributed by atoms with Gasteiger partial charge in [-0.15, -0.1) is 0 Å². The van der Waals surface area contributed by atoms with Crippen LogP contribution >= 0.6 is 0 Å². The minimum atomic E-state index is -2.98. The van der Waals surface area contributed by atoms with Gasteiger partial charge in [0.15, 0.2) is 5.78 Å². The smallest absolute Gasteiger partial charge is 0.293 e. The third-order valence-electron chi connectivity index (χ3n) is 9.61. The molecule has 3 heterocycles. The molecule has 7 rings (SSSR count). The lowest BCUT2D eigenvalue weighted by Gasteiger charge is -2.22. The van der Waals surface area contributed by atoms with Crippen LogP contribution in [0.4, 0.5) is 13.2 Å². The first-order valence-corrected chi connectivity index (χ1v) is 15.5. The first-order chi connectivity index (χ1) is 21.3. The number of rotatable bonds is 8.